The monoisotopic (exact) mass is 324 g/mol. The van der Waals surface area contributed by atoms with Crippen molar-refractivity contribution < 1.29 is 9.53 Å². The van der Waals surface area contributed by atoms with Gasteiger partial charge >= 0.3 is 0 Å². The number of carbonyl (C=O) groups is 1. The predicted octanol–water partition coefficient (Wildman–Crippen LogP) is 4.37. The van der Waals surface area contributed by atoms with Crippen LogP contribution in [-0.4, -0.2) is 17.7 Å². The first-order chi connectivity index (χ1) is 9.26. The standard InChI is InChI=1S/C16H21BrO2/c1-2-6-14-7-5-8-15(11-14)13-19-10-4-3-9-16(18)12-17/h2,5-8,11H,3-4,9-10,12-13H2,1H3/b6-2+. The van der Waals surface area contributed by atoms with Gasteiger partial charge < -0.3 is 4.74 Å². The molecule has 0 spiro atoms. The van der Waals surface area contributed by atoms with Crippen LogP contribution in [0.4, 0.5) is 0 Å². The molecule has 0 bridgehead atoms. The summed E-state index contributed by atoms with van der Waals surface area (Å²) in [5, 5.41) is 0.464. The molecule has 0 saturated heterocycles. The number of ketones is 1. The molecule has 0 aromatic heterocycles. The van der Waals surface area contributed by atoms with E-state index in [1.807, 2.05) is 19.1 Å². The zero-order valence-electron chi connectivity index (χ0n) is 11.4. The first-order valence-corrected chi connectivity index (χ1v) is 7.75. The number of hydrogen-bond donors (Lipinski definition) is 0. The second-order valence-electron chi connectivity index (χ2n) is 4.43. The van der Waals surface area contributed by atoms with Gasteiger partial charge in [0.15, 0.2) is 0 Å². The molecular formula is C16H21BrO2. The molecule has 0 amide bonds. The largest absolute Gasteiger partial charge is 0.377 e. The lowest BCUT2D eigenvalue weighted by molar-refractivity contribution is -0.116. The molecule has 104 valence electrons. The number of unbranched alkanes of at least 4 members (excludes halogenated alkanes) is 1. The molecule has 0 aliphatic heterocycles. The molecule has 0 heterocycles. The summed E-state index contributed by atoms with van der Waals surface area (Å²) in [6.07, 6.45) is 6.60. The van der Waals surface area contributed by atoms with Crippen LogP contribution in [-0.2, 0) is 16.1 Å². The zero-order chi connectivity index (χ0) is 13.9. The van der Waals surface area contributed by atoms with Crippen LogP contribution in [0.3, 0.4) is 0 Å². The second-order valence-corrected chi connectivity index (χ2v) is 4.99. The van der Waals surface area contributed by atoms with E-state index in [4.69, 9.17) is 4.74 Å². The summed E-state index contributed by atoms with van der Waals surface area (Å²) in [6, 6.07) is 8.33. The summed E-state index contributed by atoms with van der Waals surface area (Å²) in [4.78, 5) is 11.1. The first kappa shape index (κ1) is 16.1. The minimum atomic E-state index is 0.263. The summed E-state index contributed by atoms with van der Waals surface area (Å²) in [7, 11) is 0. The van der Waals surface area contributed by atoms with Gasteiger partial charge in [0.1, 0.15) is 5.78 Å². The third kappa shape index (κ3) is 7.28. The third-order valence-corrected chi connectivity index (χ3v) is 3.35. The van der Waals surface area contributed by atoms with Gasteiger partial charge in [-0.05, 0) is 37.0 Å². The Morgan fingerprint density at radius 2 is 2.21 bits per heavy atom. The predicted molar refractivity (Wildman–Crippen MR) is 83.5 cm³/mol. The topological polar surface area (TPSA) is 26.3 Å². The van der Waals surface area contributed by atoms with Crippen molar-refractivity contribution in [3.05, 3.63) is 41.5 Å². The van der Waals surface area contributed by atoms with Crippen molar-refractivity contribution in [3.8, 4) is 0 Å². The van der Waals surface area contributed by atoms with Gasteiger partial charge in [-0.25, -0.2) is 0 Å². The lowest BCUT2D eigenvalue weighted by atomic mass is 10.1. The first-order valence-electron chi connectivity index (χ1n) is 6.63. The molecule has 0 aliphatic rings. The van der Waals surface area contributed by atoms with Crippen molar-refractivity contribution in [1.29, 1.82) is 0 Å². The van der Waals surface area contributed by atoms with Gasteiger partial charge in [0, 0.05) is 13.0 Å². The van der Waals surface area contributed by atoms with E-state index in [-0.39, 0.29) is 5.78 Å². The van der Waals surface area contributed by atoms with Gasteiger partial charge in [-0.3, -0.25) is 4.79 Å². The van der Waals surface area contributed by atoms with E-state index in [1.165, 1.54) is 11.1 Å². The van der Waals surface area contributed by atoms with E-state index < -0.39 is 0 Å². The molecular weight excluding hydrogens is 304 g/mol. The fourth-order valence-corrected chi connectivity index (χ4v) is 2.04. The Balaban J connectivity index is 2.19. The average molecular weight is 325 g/mol. The molecule has 2 nitrogen and oxygen atoms in total. The van der Waals surface area contributed by atoms with Crippen molar-refractivity contribution >= 4 is 27.8 Å². The number of allylic oxidation sites excluding steroid dienone is 1. The van der Waals surface area contributed by atoms with Gasteiger partial charge in [0.25, 0.3) is 0 Å². The van der Waals surface area contributed by atoms with Crippen molar-refractivity contribution in [2.75, 3.05) is 11.9 Å². The van der Waals surface area contributed by atoms with E-state index in [0.717, 1.165) is 12.8 Å². The Morgan fingerprint density at radius 1 is 1.37 bits per heavy atom. The molecule has 0 atom stereocenters. The van der Waals surface area contributed by atoms with Crippen LogP contribution in [0.5, 0.6) is 0 Å². The Hall–Kier alpha value is -0.930. The number of benzene rings is 1. The van der Waals surface area contributed by atoms with E-state index in [9.17, 15) is 4.79 Å². The van der Waals surface area contributed by atoms with Crippen LogP contribution in [0.25, 0.3) is 6.08 Å². The molecule has 0 N–H and O–H groups in total. The Kier molecular flexibility index (Phi) is 8.43. The highest BCUT2D eigenvalue weighted by molar-refractivity contribution is 9.09. The Bertz CT molecular complexity index is 413. The molecule has 0 saturated carbocycles. The maximum absolute atomic E-state index is 11.1. The minimum Gasteiger partial charge on any atom is -0.377 e. The summed E-state index contributed by atoms with van der Waals surface area (Å²) in [6.45, 7) is 3.36. The normalized spacial score (nSPS) is 11.1. The highest BCUT2D eigenvalue weighted by atomic mass is 79.9. The Morgan fingerprint density at radius 3 is 2.95 bits per heavy atom. The average Bonchev–Trinajstić information content (AvgIpc) is 2.43. The molecule has 19 heavy (non-hydrogen) atoms. The van der Waals surface area contributed by atoms with Crippen LogP contribution >= 0.6 is 15.9 Å². The Labute approximate surface area is 124 Å². The summed E-state index contributed by atoms with van der Waals surface area (Å²) in [5.74, 6) is 0.263. The number of hydrogen-bond acceptors (Lipinski definition) is 2. The second kappa shape index (κ2) is 9.93. The molecule has 1 rings (SSSR count). The number of alkyl halides is 1. The van der Waals surface area contributed by atoms with E-state index in [2.05, 4.69) is 40.2 Å². The summed E-state index contributed by atoms with van der Waals surface area (Å²) < 4.78 is 5.62. The van der Waals surface area contributed by atoms with Crippen LogP contribution in [0.2, 0.25) is 0 Å². The number of halogens is 1. The van der Waals surface area contributed by atoms with Gasteiger partial charge in [-0.1, -0.05) is 46.3 Å². The lowest BCUT2D eigenvalue weighted by Gasteiger charge is -2.05. The maximum atomic E-state index is 11.1. The minimum absolute atomic E-state index is 0.263. The maximum Gasteiger partial charge on any atom is 0.143 e. The van der Waals surface area contributed by atoms with Crippen LogP contribution < -0.4 is 0 Å². The number of rotatable bonds is 9. The summed E-state index contributed by atoms with van der Waals surface area (Å²) >= 11 is 3.16. The van der Waals surface area contributed by atoms with Crippen LogP contribution in [0.15, 0.2) is 30.3 Å². The molecule has 0 aliphatic carbocycles. The van der Waals surface area contributed by atoms with Gasteiger partial charge in [0.2, 0.25) is 0 Å². The van der Waals surface area contributed by atoms with Crippen molar-refractivity contribution in [2.45, 2.75) is 32.8 Å². The highest BCUT2D eigenvalue weighted by Gasteiger charge is 1.99. The van der Waals surface area contributed by atoms with E-state index in [1.54, 1.807) is 0 Å². The van der Waals surface area contributed by atoms with Crippen LogP contribution in [0.1, 0.15) is 37.3 Å². The zero-order valence-corrected chi connectivity index (χ0v) is 13.0. The fraction of sp³-hybridized carbons (Fsp3) is 0.438. The van der Waals surface area contributed by atoms with Crippen molar-refractivity contribution in [3.63, 3.8) is 0 Å². The van der Waals surface area contributed by atoms with Gasteiger partial charge in [0.05, 0.1) is 11.9 Å². The molecule has 1 aromatic carbocycles. The number of Topliss-reactive ketones (excluding diaryl/α,β-unsaturated/α-hetero) is 1. The molecule has 0 fully saturated rings. The number of carbonyl (C=O) groups excluding carboxylic acids is 1. The summed E-state index contributed by atoms with van der Waals surface area (Å²) in [5.41, 5.74) is 2.39. The fourth-order valence-electron chi connectivity index (χ4n) is 1.76. The van der Waals surface area contributed by atoms with E-state index >= 15 is 0 Å². The van der Waals surface area contributed by atoms with E-state index in [0.29, 0.717) is 25.0 Å². The number of ether oxygens (including phenoxy) is 1. The smallest absolute Gasteiger partial charge is 0.143 e. The molecule has 0 radical (unpaired) electrons. The van der Waals surface area contributed by atoms with Gasteiger partial charge in [-0.15, -0.1) is 0 Å². The van der Waals surface area contributed by atoms with Crippen LogP contribution in [0, 0.1) is 0 Å². The van der Waals surface area contributed by atoms with Gasteiger partial charge in [-0.2, -0.15) is 0 Å². The molecule has 0 unspecified atom stereocenters. The van der Waals surface area contributed by atoms with Crippen molar-refractivity contribution in [2.24, 2.45) is 0 Å². The third-order valence-electron chi connectivity index (χ3n) is 2.72. The highest BCUT2D eigenvalue weighted by Crippen LogP contribution is 2.09. The molecule has 1 aromatic rings. The molecule has 3 heteroatoms. The SMILES string of the molecule is C/C=C/c1cccc(COCCCCC(=O)CBr)c1. The quantitative estimate of drug-likeness (QED) is 0.498. The van der Waals surface area contributed by atoms with Crippen molar-refractivity contribution in [1.82, 2.24) is 0 Å². The lowest BCUT2D eigenvalue weighted by Crippen LogP contribution is -2.00.